The van der Waals surface area contributed by atoms with Gasteiger partial charge in [0.05, 0.1) is 6.61 Å². The Bertz CT molecular complexity index is 422. The van der Waals surface area contributed by atoms with Crippen molar-refractivity contribution >= 4 is 11.6 Å². The van der Waals surface area contributed by atoms with E-state index in [4.69, 9.17) is 4.74 Å². The van der Waals surface area contributed by atoms with E-state index < -0.39 is 0 Å². The number of hydrogen-bond donors (Lipinski definition) is 2. The third kappa shape index (κ3) is 4.10. The average Bonchev–Trinajstić information content (AvgIpc) is 2.96. The third-order valence-electron chi connectivity index (χ3n) is 3.17. The quantitative estimate of drug-likeness (QED) is 0.770. The topological polar surface area (TPSA) is 50.4 Å². The zero-order valence-corrected chi connectivity index (χ0v) is 11.0. The monoisotopic (exact) mass is 260 g/mol. The Hall–Kier alpha value is -1.81. The summed E-state index contributed by atoms with van der Waals surface area (Å²) in [6, 6.07) is 7.51. The number of amides is 1. The van der Waals surface area contributed by atoms with Crippen molar-refractivity contribution in [3.05, 3.63) is 42.5 Å². The second-order valence-electron chi connectivity index (χ2n) is 4.69. The highest BCUT2D eigenvalue weighted by Crippen LogP contribution is 2.15. The first-order valence-corrected chi connectivity index (χ1v) is 6.60. The Kier molecular flexibility index (Phi) is 4.98. The Morgan fingerprint density at radius 1 is 1.42 bits per heavy atom. The number of carbonyl (C=O) groups is 1. The highest BCUT2D eigenvalue weighted by Gasteiger charge is 2.14. The number of nitrogens with one attached hydrogen (secondary N) is 2. The molecule has 19 heavy (non-hydrogen) atoms. The maximum absolute atomic E-state index is 11.7. The Morgan fingerprint density at radius 3 is 2.84 bits per heavy atom. The first-order valence-electron chi connectivity index (χ1n) is 6.60. The van der Waals surface area contributed by atoms with Gasteiger partial charge in [-0.15, -0.1) is 6.58 Å². The molecule has 2 N–H and O–H groups in total. The molecule has 1 unspecified atom stereocenters. The van der Waals surface area contributed by atoms with Crippen LogP contribution < -0.4 is 10.6 Å². The van der Waals surface area contributed by atoms with Crippen LogP contribution in [0.15, 0.2) is 36.9 Å². The molecule has 1 fully saturated rings. The van der Waals surface area contributed by atoms with Crippen LogP contribution in [0.3, 0.4) is 0 Å². The highest BCUT2D eigenvalue weighted by atomic mass is 16.5. The molecule has 1 saturated heterocycles. The number of ether oxygens (including phenoxy) is 1. The number of hydrogen-bond acceptors (Lipinski definition) is 3. The SMILES string of the molecule is C=CCNC(=O)c1ccc(NCC2CCOC2)cc1. The lowest BCUT2D eigenvalue weighted by atomic mass is 10.1. The van der Waals surface area contributed by atoms with Crippen LogP contribution in [0.1, 0.15) is 16.8 Å². The Labute approximate surface area is 113 Å². The van der Waals surface area contributed by atoms with E-state index in [1.54, 1.807) is 6.08 Å². The van der Waals surface area contributed by atoms with Gasteiger partial charge in [0, 0.05) is 36.9 Å². The fourth-order valence-corrected chi connectivity index (χ4v) is 2.01. The van der Waals surface area contributed by atoms with E-state index in [1.165, 1.54) is 0 Å². The fraction of sp³-hybridized carbons (Fsp3) is 0.400. The van der Waals surface area contributed by atoms with Gasteiger partial charge in [-0.2, -0.15) is 0 Å². The van der Waals surface area contributed by atoms with Crippen molar-refractivity contribution in [2.75, 3.05) is 31.6 Å². The van der Waals surface area contributed by atoms with Gasteiger partial charge in [0.15, 0.2) is 0 Å². The van der Waals surface area contributed by atoms with Gasteiger partial charge in [-0.1, -0.05) is 6.08 Å². The molecule has 2 rings (SSSR count). The normalized spacial score (nSPS) is 18.0. The lowest BCUT2D eigenvalue weighted by Gasteiger charge is -2.11. The summed E-state index contributed by atoms with van der Waals surface area (Å²) < 4.78 is 5.33. The Morgan fingerprint density at radius 2 is 2.21 bits per heavy atom. The van der Waals surface area contributed by atoms with Gasteiger partial charge in [0.1, 0.15) is 0 Å². The van der Waals surface area contributed by atoms with Crippen molar-refractivity contribution in [1.29, 1.82) is 0 Å². The number of anilines is 1. The first-order chi connectivity index (χ1) is 9.29. The third-order valence-corrected chi connectivity index (χ3v) is 3.17. The summed E-state index contributed by atoms with van der Waals surface area (Å²) in [7, 11) is 0. The van der Waals surface area contributed by atoms with E-state index in [-0.39, 0.29) is 5.91 Å². The number of benzene rings is 1. The number of rotatable bonds is 6. The van der Waals surface area contributed by atoms with Crippen molar-refractivity contribution in [3.8, 4) is 0 Å². The van der Waals surface area contributed by atoms with Gasteiger partial charge in [-0.05, 0) is 30.7 Å². The molecular weight excluding hydrogens is 240 g/mol. The zero-order chi connectivity index (χ0) is 13.5. The maximum Gasteiger partial charge on any atom is 0.251 e. The predicted molar refractivity (Wildman–Crippen MR) is 76.4 cm³/mol. The van der Waals surface area contributed by atoms with Crippen LogP contribution in [0.4, 0.5) is 5.69 Å². The minimum Gasteiger partial charge on any atom is -0.385 e. The van der Waals surface area contributed by atoms with Gasteiger partial charge in [-0.3, -0.25) is 4.79 Å². The molecule has 0 saturated carbocycles. The lowest BCUT2D eigenvalue weighted by Crippen LogP contribution is -2.23. The Balaban J connectivity index is 1.83. The van der Waals surface area contributed by atoms with Crippen LogP contribution in [-0.4, -0.2) is 32.2 Å². The molecule has 1 amide bonds. The summed E-state index contributed by atoms with van der Waals surface area (Å²) in [6.45, 7) is 6.68. The molecule has 1 aromatic rings. The van der Waals surface area contributed by atoms with Gasteiger partial charge in [-0.25, -0.2) is 0 Å². The predicted octanol–water partition coefficient (Wildman–Crippen LogP) is 2.05. The molecule has 1 heterocycles. The van der Waals surface area contributed by atoms with Crippen LogP contribution >= 0.6 is 0 Å². The molecule has 0 spiro atoms. The fourth-order valence-electron chi connectivity index (χ4n) is 2.01. The van der Waals surface area contributed by atoms with Crippen LogP contribution in [-0.2, 0) is 4.74 Å². The van der Waals surface area contributed by atoms with E-state index >= 15 is 0 Å². The minimum atomic E-state index is -0.0735. The largest absolute Gasteiger partial charge is 0.385 e. The average molecular weight is 260 g/mol. The van der Waals surface area contributed by atoms with Crippen LogP contribution in [0.5, 0.6) is 0 Å². The standard InChI is InChI=1S/C15H20N2O2/c1-2-8-16-15(18)13-3-5-14(6-4-13)17-10-12-7-9-19-11-12/h2-6,12,17H,1,7-11H2,(H,16,18). The summed E-state index contributed by atoms with van der Waals surface area (Å²) in [5.74, 6) is 0.520. The molecule has 4 heteroatoms. The van der Waals surface area contributed by atoms with E-state index in [9.17, 15) is 4.79 Å². The first kappa shape index (κ1) is 13.6. The maximum atomic E-state index is 11.7. The minimum absolute atomic E-state index is 0.0735. The molecule has 1 atom stereocenters. The molecule has 0 aromatic heterocycles. The molecule has 1 aliphatic heterocycles. The van der Waals surface area contributed by atoms with Gasteiger partial charge in [0.25, 0.3) is 5.91 Å². The van der Waals surface area contributed by atoms with Crippen LogP contribution in [0, 0.1) is 5.92 Å². The zero-order valence-electron chi connectivity index (χ0n) is 11.0. The molecule has 102 valence electrons. The van der Waals surface area contributed by atoms with Gasteiger partial charge in [0.2, 0.25) is 0 Å². The smallest absolute Gasteiger partial charge is 0.251 e. The molecule has 0 bridgehead atoms. The summed E-state index contributed by atoms with van der Waals surface area (Å²) in [5.41, 5.74) is 1.70. The van der Waals surface area contributed by atoms with E-state index in [2.05, 4.69) is 17.2 Å². The van der Waals surface area contributed by atoms with E-state index in [0.29, 0.717) is 18.0 Å². The van der Waals surface area contributed by atoms with Crippen molar-refractivity contribution in [3.63, 3.8) is 0 Å². The molecular formula is C15H20N2O2. The summed E-state index contributed by atoms with van der Waals surface area (Å²) in [5, 5.41) is 6.12. The summed E-state index contributed by atoms with van der Waals surface area (Å²) in [6.07, 6.45) is 2.78. The molecule has 4 nitrogen and oxygen atoms in total. The van der Waals surface area contributed by atoms with E-state index in [1.807, 2.05) is 24.3 Å². The highest BCUT2D eigenvalue weighted by molar-refractivity contribution is 5.94. The van der Waals surface area contributed by atoms with Crippen molar-refractivity contribution < 1.29 is 9.53 Å². The van der Waals surface area contributed by atoms with Crippen LogP contribution in [0.2, 0.25) is 0 Å². The van der Waals surface area contributed by atoms with Crippen molar-refractivity contribution in [2.24, 2.45) is 5.92 Å². The molecule has 0 radical (unpaired) electrons. The van der Waals surface area contributed by atoms with Crippen molar-refractivity contribution in [2.45, 2.75) is 6.42 Å². The van der Waals surface area contributed by atoms with Gasteiger partial charge >= 0.3 is 0 Å². The van der Waals surface area contributed by atoms with E-state index in [0.717, 1.165) is 31.9 Å². The lowest BCUT2D eigenvalue weighted by molar-refractivity contribution is 0.0958. The second-order valence-corrected chi connectivity index (χ2v) is 4.69. The molecule has 1 aromatic carbocycles. The van der Waals surface area contributed by atoms with Gasteiger partial charge < -0.3 is 15.4 Å². The summed E-state index contributed by atoms with van der Waals surface area (Å²) >= 11 is 0. The van der Waals surface area contributed by atoms with Crippen molar-refractivity contribution in [1.82, 2.24) is 5.32 Å². The second kappa shape index (κ2) is 6.95. The van der Waals surface area contributed by atoms with Crippen LogP contribution in [0.25, 0.3) is 0 Å². The molecule has 1 aliphatic rings. The summed E-state index contributed by atoms with van der Waals surface area (Å²) in [4.78, 5) is 11.7. The molecule has 0 aliphatic carbocycles. The number of carbonyl (C=O) groups excluding carboxylic acids is 1.